The molecule has 0 amide bonds. The van der Waals surface area contributed by atoms with E-state index >= 15 is 0 Å². The number of ether oxygens (including phenoxy) is 1. The van der Waals surface area contributed by atoms with Crippen LogP contribution in [0.5, 0.6) is 11.8 Å². The van der Waals surface area contributed by atoms with Gasteiger partial charge in [-0.3, -0.25) is 0 Å². The zero-order valence-electron chi connectivity index (χ0n) is 13.0. The van der Waals surface area contributed by atoms with E-state index in [0.29, 0.717) is 18.0 Å². The van der Waals surface area contributed by atoms with E-state index in [1.54, 1.807) is 12.1 Å². The zero-order valence-corrected chi connectivity index (χ0v) is 13.0. The lowest BCUT2D eigenvalue weighted by Gasteiger charge is -2.11. The minimum absolute atomic E-state index is 0.0788. The summed E-state index contributed by atoms with van der Waals surface area (Å²) in [5, 5.41) is 0. The Balaban J connectivity index is 1.79. The van der Waals surface area contributed by atoms with Crippen molar-refractivity contribution >= 4 is 0 Å². The Labute approximate surface area is 137 Å². The maximum Gasteiger partial charge on any atom is 0.433 e. The topological polar surface area (TPSA) is 61.0 Å². The quantitative estimate of drug-likeness (QED) is 0.863. The number of aryl methyl sites for hydroxylation is 1. The molecule has 1 saturated carbocycles. The van der Waals surface area contributed by atoms with Crippen molar-refractivity contribution in [1.29, 1.82) is 0 Å². The first-order chi connectivity index (χ1) is 11.5. The molecule has 0 aliphatic heterocycles. The highest BCUT2D eigenvalue weighted by Crippen LogP contribution is 2.41. The summed E-state index contributed by atoms with van der Waals surface area (Å²) in [7, 11) is 0. The molecular weight excluding hydrogens is 319 g/mol. The lowest BCUT2D eigenvalue weighted by Crippen LogP contribution is -2.11. The molecule has 0 bridgehead atoms. The molecule has 0 radical (unpaired) electrons. The van der Waals surface area contributed by atoms with Gasteiger partial charge in [-0.2, -0.15) is 23.1 Å². The maximum atomic E-state index is 13.0. The van der Waals surface area contributed by atoms with Crippen LogP contribution in [0.25, 0.3) is 0 Å². The molecular formula is C17H18F3N3O. The molecule has 0 unspecified atom stereocenters. The van der Waals surface area contributed by atoms with E-state index in [2.05, 4.69) is 9.97 Å². The molecule has 128 valence electrons. The number of nitrogens with zero attached hydrogens (tertiary/aromatic N) is 2. The Kier molecular flexibility index (Phi) is 4.71. The molecule has 1 fully saturated rings. The second kappa shape index (κ2) is 6.76. The van der Waals surface area contributed by atoms with E-state index in [0.717, 1.165) is 37.3 Å². The summed E-state index contributed by atoms with van der Waals surface area (Å²) in [5.74, 6) is 0.489. The van der Waals surface area contributed by atoms with Gasteiger partial charge in [0.1, 0.15) is 5.75 Å². The molecule has 1 aliphatic carbocycles. The SMILES string of the molecule is NCCCc1ccc(Oc2nc(C3CC3)cc(C(F)(F)F)n2)cc1. The van der Waals surface area contributed by atoms with Crippen molar-refractivity contribution in [1.82, 2.24) is 9.97 Å². The van der Waals surface area contributed by atoms with E-state index in [-0.39, 0.29) is 11.9 Å². The fraction of sp³-hybridized carbons (Fsp3) is 0.412. The fourth-order valence-corrected chi connectivity index (χ4v) is 2.36. The van der Waals surface area contributed by atoms with E-state index in [1.165, 1.54) is 0 Å². The number of hydrogen-bond acceptors (Lipinski definition) is 4. The van der Waals surface area contributed by atoms with Crippen LogP contribution in [0.15, 0.2) is 30.3 Å². The predicted molar refractivity (Wildman–Crippen MR) is 82.9 cm³/mol. The van der Waals surface area contributed by atoms with Crippen LogP contribution in [0.4, 0.5) is 13.2 Å². The summed E-state index contributed by atoms with van der Waals surface area (Å²) in [5.41, 5.74) is 5.99. The van der Waals surface area contributed by atoms with Crippen LogP contribution in [0.3, 0.4) is 0 Å². The third-order valence-corrected chi connectivity index (χ3v) is 3.81. The van der Waals surface area contributed by atoms with Crippen LogP contribution in [0.1, 0.15) is 42.1 Å². The summed E-state index contributed by atoms with van der Waals surface area (Å²) < 4.78 is 44.4. The lowest BCUT2D eigenvalue weighted by molar-refractivity contribution is -0.141. The lowest BCUT2D eigenvalue weighted by atomic mass is 10.1. The fourth-order valence-electron chi connectivity index (χ4n) is 2.36. The summed E-state index contributed by atoms with van der Waals surface area (Å²) in [6.45, 7) is 0.611. The normalized spacial score (nSPS) is 14.7. The van der Waals surface area contributed by atoms with Gasteiger partial charge in [-0.15, -0.1) is 0 Å². The highest BCUT2D eigenvalue weighted by atomic mass is 19.4. The molecule has 3 rings (SSSR count). The van der Waals surface area contributed by atoms with Gasteiger partial charge in [0.25, 0.3) is 0 Å². The number of benzene rings is 1. The van der Waals surface area contributed by atoms with Gasteiger partial charge in [-0.25, -0.2) is 0 Å². The Morgan fingerprint density at radius 1 is 1.12 bits per heavy atom. The van der Waals surface area contributed by atoms with Crippen LogP contribution in [0, 0.1) is 0 Å². The molecule has 1 aromatic heterocycles. The van der Waals surface area contributed by atoms with Crippen molar-refractivity contribution in [2.45, 2.75) is 37.8 Å². The highest BCUT2D eigenvalue weighted by molar-refractivity contribution is 5.30. The van der Waals surface area contributed by atoms with Gasteiger partial charge in [0.15, 0.2) is 5.69 Å². The van der Waals surface area contributed by atoms with Gasteiger partial charge < -0.3 is 10.5 Å². The first kappa shape index (κ1) is 16.7. The molecule has 1 aromatic carbocycles. The van der Waals surface area contributed by atoms with Crippen molar-refractivity contribution in [2.75, 3.05) is 6.54 Å². The molecule has 0 saturated heterocycles. The summed E-state index contributed by atoms with van der Waals surface area (Å²) in [6.07, 6.45) is -1.09. The van der Waals surface area contributed by atoms with Crippen LogP contribution < -0.4 is 10.5 Å². The molecule has 2 N–H and O–H groups in total. The minimum Gasteiger partial charge on any atom is -0.424 e. The smallest absolute Gasteiger partial charge is 0.424 e. The number of halogens is 3. The largest absolute Gasteiger partial charge is 0.433 e. The average Bonchev–Trinajstić information content (AvgIpc) is 3.38. The Morgan fingerprint density at radius 3 is 2.42 bits per heavy atom. The Hall–Kier alpha value is -2.15. The summed E-state index contributed by atoms with van der Waals surface area (Å²) in [6, 6.07) is 7.88. The monoisotopic (exact) mass is 337 g/mol. The van der Waals surface area contributed by atoms with Gasteiger partial charge in [-0.1, -0.05) is 12.1 Å². The van der Waals surface area contributed by atoms with Crippen LogP contribution in [-0.2, 0) is 12.6 Å². The van der Waals surface area contributed by atoms with Gasteiger partial charge >= 0.3 is 12.2 Å². The third-order valence-electron chi connectivity index (χ3n) is 3.81. The number of rotatable bonds is 6. The van der Waals surface area contributed by atoms with Gasteiger partial charge in [0.2, 0.25) is 0 Å². The van der Waals surface area contributed by atoms with Crippen LogP contribution in [0.2, 0.25) is 0 Å². The van der Waals surface area contributed by atoms with Crippen molar-refractivity contribution in [3.8, 4) is 11.8 Å². The summed E-state index contributed by atoms with van der Waals surface area (Å²) >= 11 is 0. The first-order valence-electron chi connectivity index (χ1n) is 7.89. The van der Waals surface area contributed by atoms with Gasteiger partial charge in [-0.05, 0) is 56.0 Å². The molecule has 7 heteroatoms. The van der Waals surface area contributed by atoms with Crippen LogP contribution in [-0.4, -0.2) is 16.5 Å². The molecule has 1 heterocycles. The average molecular weight is 337 g/mol. The third kappa shape index (κ3) is 4.23. The highest BCUT2D eigenvalue weighted by Gasteiger charge is 2.36. The predicted octanol–water partition coefficient (Wildman–Crippen LogP) is 4.06. The second-order valence-electron chi connectivity index (χ2n) is 5.87. The molecule has 0 spiro atoms. The molecule has 0 atom stereocenters. The first-order valence-corrected chi connectivity index (χ1v) is 7.89. The van der Waals surface area contributed by atoms with Crippen molar-refractivity contribution in [3.63, 3.8) is 0 Å². The van der Waals surface area contributed by atoms with E-state index in [4.69, 9.17) is 10.5 Å². The Bertz CT molecular complexity index is 697. The molecule has 24 heavy (non-hydrogen) atoms. The van der Waals surface area contributed by atoms with Crippen molar-refractivity contribution in [3.05, 3.63) is 47.3 Å². The number of aromatic nitrogens is 2. The minimum atomic E-state index is -4.52. The number of alkyl halides is 3. The van der Waals surface area contributed by atoms with Crippen molar-refractivity contribution < 1.29 is 17.9 Å². The van der Waals surface area contributed by atoms with E-state index < -0.39 is 11.9 Å². The maximum absolute atomic E-state index is 13.0. The standard InChI is InChI=1S/C17H18F3N3O/c18-17(19,20)15-10-14(12-5-6-12)22-16(23-15)24-13-7-3-11(4-8-13)2-1-9-21/h3-4,7-8,10,12H,1-2,5-6,9,21H2. The van der Waals surface area contributed by atoms with Gasteiger partial charge in [0, 0.05) is 5.92 Å². The van der Waals surface area contributed by atoms with Crippen LogP contribution >= 0.6 is 0 Å². The molecule has 2 aromatic rings. The second-order valence-corrected chi connectivity index (χ2v) is 5.87. The zero-order chi connectivity index (χ0) is 17.2. The van der Waals surface area contributed by atoms with E-state index in [9.17, 15) is 13.2 Å². The van der Waals surface area contributed by atoms with Crippen molar-refractivity contribution in [2.24, 2.45) is 5.73 Å². The number of hydrogen-bond donors (Lipinski definition) is 1. The summed E-state index contributed by atoms with van der Waals surface area (Å²) in [4.78, 5) is 7.63. The number of nitrogens with two attached hydrogens (primary N) is 1. The van der Waals surface area contributed by atoms with Gasteiger partial charge in [0.05, 0.1) is 5.69 Å². The Morgan fingerprint density at radius 2 is 1.83 bits per heavy atom. The molecule has 4 nitrogen and oxygen atoms in total. The van der Waals surface area contributed by atoms with E-state index in [1.807, 2.05) is 12.1 Å². The molecule has 1 aliphatic rings.